The van der Waals surface area contributed by atoms with E-state index in [2.05, 4.69) is 15.6 Å². The zero-order valence-corrected chi connectivity index (χ0v) is 22.3. The highest BCUT2D eigenvalue weighted by Gasteiger charge is 2.28. The fraction of sp³-hybridized carbons (Fsp3) is 0.609. The van der Waals surface area contributed by atoms with E-state index in [1.54, 1.807) is 16.8 Å². The van der Waals surface area contributed by atoms with E-state index < -0.39 is 5.60 Å². The number of halogens is 1. The van der Waals surface area contributed by atoms with Gasteiger partial charge in [0.25, 0.3) is 5.91 Å². The van der Waals surface area contributed by atoms with Crippen molar-refractivity contribution >= 4 is 47.6 Å². The SMILES string of the molecule is CN=C(NCCCN1C(=O)COc2ccccc21)NC1CCCN(C(=O)OC(C)(C)C)C1.I. The highest BCUT2D eigenvalue weighted by atomic mass is 127. The summed E-state index contributed by atoms with van der Waals surface area (Å²) in [4.78, 5) is 32.5. The first kappa shape index (κ1) is 27.0. The molecule has 1 aromatic rings. The van der Waals surface area contributed by atoms with E-state index >= 15 is 0 Å². The minimum Gasteiger partial charge on any atom is -0.482 e. The quantitative estimate of drug-likeness (QED) is 0.244. The summed E-state index contributed by atoms with van der Waals surface area (Å²) >= 11 is 0. The van der Waals surface area contributed by atoms with Crippen molar-refractivity contribution in [3.63, 3.8) is 0 Å². The summed E-state index contributed by atoms with van der Waals surface area (Å²) in [5.74, 6) is 1.40. The molecule has 0 bridgehead atoms. The second-order valence-corrected chi connectivity index (χ2v) is 9.06. The number of nitrogens with zero attached hydrogens (tertiary/aromatic N) is 3. The second kappa shape index (κ2) is 12.3. The Morgan fingerprint density at radius 1 is 1.30 bits per heavy atom. The molecule has 1 atom stereocenters. The molecule has 1 unspecified atom stereocenters. The van der Waals surface area contributed by atoms with Gasteiger partial charge in [-0.2, -0.15) is 0 Å². The maximum absolute atomic E-state index is 12.4. The summed E-state index contributed by atoms with van der Waals surface area (Å²) in [5, 5.41) is 6.72. The van der Waals surface area contributed by atoms with Crippen LogP contribution < -0.4 is 20.3 Å². The van der Waals surface area contributed by atoms with E-state index in [4.69, 9.17) is 9.47 Å². The largest absolute Gasteiger partial charge is 0.482 e. The molecule has 3 rings (SSSR count). The first-order chi connectivity index (χ1) is 15.3. The summed E-state index contributed by atoms with van der Waals surface area (Å²) in [6.07, 6.45) is 2.35. The lowest BCUT2D eigenvalue weighted by Gasteiger charge is -2.35. The highest BCUT2D eigenvalue weighted by molar-refractivity contribution is 14.0. The van der Waals surface area contributed by atoms with Crippen LogP contribution in [-0.4, -0.2) is 74.3 Å². The Balaban J connectivity index is 0.00000385. The first-order valence-electron chi connectivity index (χ1n) is 11.2. The molecule has 9 nitrogen and oxygen atoms in total. The normalized spacial score (nSPS) is 18.6. The molecule has 2 N–H and O–H groups in total. The lowest BCUT2D eigenvalue weighted by Crippen LogP contribution is -2.53. The monoisotopic (exact) mass is 573 g/mol. The number of hydrogen-bond acceptors (Lipinski definition) is 5. The van der Waals surface area contributed by atoms with Gasteiger partial charge in [0, 0.05) is 39.3 Å². The fourth-order valence-corrected chi connectivity index (χ4v) is 3.82. The first-order valence-corrected chi connectivity index (χ1v) is 11.2. The molecule has 33 heavy (non-hydrogen) atoms. The fourth-order valence-electron chi connectivity index (χ4n) is 3.82. The van der Waals surface area contributed by atoms with Gasteiger partial charge in [0.15, 0.2) is 12.6 Å². The molecule has 2 heterocycles. The number of guanidine groups is 1. The Labute approximate surface area is 213 Å². The predicted octanol–water partition coefficient (Wildman–Crippen LogP) is 2.98. The van der Waals surface area contributed by atoms with E-state index in [1.807, 2.05) is 45.0 Å². The van der Waals surface area contributed by atoms with Gasteiger partial charge in [0.2, 0.25) is 0 Å². The van der Waals surface area contributed by atoms with Crippen LogP contribution in [-0.2, 0) is 9.53 Å². The Morgan fingerprint density at radius 3 is 2.79 bits per heavy atom. The number of benzene rings is 1. The van der Waals surface area contributed by atoms with Crippen LogP contribution in [0.2, 0.25) is 0 Å². The third-order valence-electron chi connectivity index (χ3n) is 5.30. The van der Waals surface area contributed by atoms with Crippen molar-refractivity contribution in [2.45, 2.75) is 51.7 Å². The molecule has 0 spiro atoms. The van der Waals surface area contributed by atoms with E-state index in [0.29, 0.717) is 32.1 Å². The molecule has 10 heteroatoms. The minimum absolute atomic E-state index is 0. The average Bonchev–Trinajstić information content (AvgIpc) is 2.76. The number of nitrogens with one attached hydrogen (secondary N) is 2. The standard InChI is InChI=1S/C23H35N5O4.HI/c1-23(2,3)32-22(30)27-13-7-9-17(15-27)26-21(24-4)25-12-8-14-28-18-10-5-6-11-19(18)31-16-20(28)29;/h5-6,10-11,17H,7-9,12-16H2,1-4H3,(H2,24,25,26);1H. The molecule has 0 radical (unpaired) electrons. The zero-order valence-electron chi connectivity index (χ0n) is 19.9. The summed E-state index contributed by atoms with van der Waals surface area (Å²) < 4.78 is 11.0. The predicted molar refractivity (Wildman–Crippen MR) is 140 cm³/mol. The smallest absolute Gasteiger partial charge is 0.410 e. The number of fused-ring (bicyclic) bond motifs is 1. The van der Waals surface area contributed by atoms with Crippen LogP contribution in [0, 0.1) is 0 Å². The van der Waals surface area contributed by atoms with Crippen LogP contribution in [0.5, 0.6) is 5.75 Å². The van der Waals surface area contributed by atoms with Crippen molar-refractivity contribution in [1.82, 2.24) is 15.5 Å². The second-order valence-electron chi connectivity index (χ2n) is 9.06. The van der Waals surface area contributed by atoms with Gasteiger partial charge in [0.1, 0.15) is 11.4 Å². The van der Waals surface area contributed by atoms with Crippen molar-refractivity contribution < 1.29 is 19.1 Å². The van der Waals surface area contributed by atoms with Gasteiger partial charge in [0.05, 0.1) is 5.69 Å². The van der Waals surface area contributed by atoms with Crippen molar-refractivity contribution in [1.29, 1.82) is 0 Å². The van der Waals surface area contributed by atoms with E-state index in [0.717, 1.165) is 30.7 Å². The highest BCUT2D eigenvalue weighted by Crippen LogP contribution is 2.31. The van der Waals surface area contributed by atoms with Gasteiger partial charge in [-0.1, -0.05) is 12.1 Å². The number of piperidine rings is 1. The van der Waals surface area contributed by atoms with Gasteiger partial charge in [-0.3, -0.25) is 9.79 Å². The number of likely N-dealkylation sites (tertiary alicyclic amines) is 1. The van der Waals surface area contributed by atoms with Crippen LogP contribution in [0.25, 0.3) is 0 Å². The van der Waals surface area contributed by atoms with Gasteiger partial charge >= 0.3 is 6.09 Å². The van der Waals surface area contributed by atoms with Gasteiger partial charge < -0.3 is 29.9 Å². The van der Waals surface area contributed by atoms with Crippen molar-refractivity contribution in [3.05, 3.63) is 24.3 Å². The molecule has 0 aromatic heterocycles. The number of ether oxygens (including phenoxy) is 2. The summed E-state index contributed by atoms with van der Waals surface area (Å²) in [5.41, 5.74) is 0.313. The van der Waals surface area contributed by atoms with Gasteiger partial charge in [-0.25, -0.2) is 4.79 Å². The number of para-hydroxylation sites is 2. The maximum Gasteiger partial charge on any atom is 0.410 e. The Hall–Kier alpha value is -2.24. The van der Waals surface area contributed by atoms with Crippen LogP contribution >= 0.6 is 24.0 Å². The number of carbonyl (C=O) groups excluding carboxylic acids is 2. The third-order valence-corrected chi connectivity index (χ3v) is 5.30. The molecule has 2 aliphatic rings. The van der Waals surface area contributed by atoms with Crippen molar-refractivity contribution in [2.75, 3.05) is 44.7 Å². The lowest BCUT2D eigenvalue weighted by molar-refractivity contribution is -0.121. The molecule has 0 saturated carbocycles. The molecular weight excluding hydrogens is 537 g/mol. The Bertz CT molecular complexity index is 842. The van der Waals surface area contributed by atoms with Crippen molar-refractivity contribution in [2.24, 2.45) is 4.99 Å². The maximum atomic E-state index is 12.4. The van der Waals surface area contributed by atoms with E-state index in [1.165, 1.54) is 0 Å². The zero-order chi connectivity index (χ0) is 23.1. The summed E-state index contributed by atoms with van der Waals surface area (Å²) in [6.45, 7) is 8.23. The summed E-state index contributed by atoms with van der Waals surface area (Å²) in [7, 11) is 1.73. The number of hydrogen-bond donors (Lipinski definition) is 2. The van der Waals surface area contributed by atoms with Gasteiger partial charge in [-0.15, -0.1) is 24.0 Å². The molecule has 2 amide bonds. The number of rotatable bonds is 5. The minimum atomic E-state index is -0.503. The van der Waals surface area contributed by atoms with Crippen LogP contribution in [0.15, 0.2) is 29.3 Å². The molecule has 1 aromatic carbocycles. The topological polar surface area (TPSA) is 95.5 Å². The third kappa shape index (κ3) is 7.94. The Kier molecular flexibility index (Phi) is 10.1. The molecule has 1 saturated heterocycles. The van der Waals surface area contributed by atoms with Gasteiger partial charge in [-0.05, 0) is 52.2 Å². The number of amides is 2. The number of carbonyl (C=O) groups is 2. The molecule has 2 aliphatic heterocycles. The summed E-state index contributed by atoms with van der Waals surface area (Å²) in [6, 6.07) is 7.70. The lowest BCUT2D eigenvalue weighted by atomic mass is 10.1. The van der Waals surface area contributed by atoms with Crippen LogP contribution in [0.4, 0.5) is 10.5 Å². The molecule has 1 fully saturated rings. The van der Waals surface area contributed by atoms with Crippen LogP contribution in [0.3, 0.4) is 0 Å². The van der Waals surface area contributed by atoms with Crippen LogP contribution in [0.1, 0.15) is 40.0 Å². The molecular formula is C23H36IN5O4. The average molecular weight is 573 g/mol. The van der Waals surface area contributed by atoms with E-state index in [-0.39, 0.29) is 48.6 Å². The number of aliphatic imine (C=N–C) groups is 1. The molecule has 0 aliphatic carbocycles. The van der Waals surface area contributed by atoms with E-state index in [9.17, 15) is 9.59 Å². The Morgan fingerprint density at radius 2 is 2.06 bits per heavy atom. The number of anilines is 1. The van der Waals surface area contributed by atoms with Crippen molar-refractivity contribution in [3.8, 4) is 5.75 Å². The molecule has 184 valence electrons.